The third-order valence-electron chi connectivity index (χ3n) is 3.23. The third-order valence-corrected chi connectivity index (χ3v) is 4.01. The number of ether oxygens (including phenoxy) is 1. The van der Waals surface area contributed by atoms with Gasteiger partial charge in [-0.25, -0.2) is 0 Å². The van der Waals surface area contributed by atoms with E-state index in [0.717, 1.165) is 11.1 Å². The smallest absolute Gasteiger partial charge is 0.0731 e. The largest absolute Gasteiger partial charge is 0.374 e. The predicted octanol–water partition coefficient (Wildman–Crippen LogP) is 4.69. The van der Waals surface area contributed by atoms with Crippen molar-refractivity contribution in [1.82, 2.24) is 0 Å². The van der Waals surface area contributed by atoms with E-state index in [1.54, 1.807) is 0 Å². The van der Waals surface area contributed by atoms with Crippen LogP contribution in [0.4, 0.5) is 0 Å². The summed E-state index contributed by atoms with van der Waals surface area (Å²) in [4.78, 5) is 0. The molecule has 1 aromatic rings. The quantitative estimate of drug-likeness (QED) is 0.731. The molecule has 2 rings (SSSR count). The molecule has 0 amide bonds. The fourth-order valence-electron chi connectivity index (χ4n) is 2.23. The van der Waals surface area contributed by atoms with E-state index in [1.807, 2.05) is 6.07 Å². The maximum absolute atomic E-state index is 6.00. The zero-order chi connectivity index (χ0) is 11.2. The molecule has 1 saturated carbocycles. The Bertz CT molecular complexity index is 316. The van der Waals surface area contributed by atoms with Crippen LogP contribution in [-0.2, 0) is 11.3 Å². The molecule has 0 atom stereocenters. The first-order chi connectivity index (χ1) is 7.86. The van der Waals surface area contributed by atoms with Crippen LogP contribution in [0.15, 0.2) is 28.7 Å². The molecule has 0 aliphatic heterocycles. The van der Waals surface area contributed by atoms with Crippen molar-refractivity contribution in [2.75, 3.05) is 0 Å². The van der Waals surface area contributed by atoms with Crippen LogP contribution in [0.5, 0.6) is 0 Å². The van der Waals surface area contributed by atoms with Crippen molar-refractivity contribution in [2.24, 2.45) is 0 Å². The van der Waals surface area contributed by atoms with Gasteiger partial charge in [-0.05, 0) is 24.5 Å². The summed E-state index contributed by atoms with van der Waals surface area (Å²) in [5.41, 5.74) is 1.26. The van der Waals surface area contributed by atoms with Crippen molar-refractivity contribution in [3.63, 3.8) is 0 Å². The minimum absolute atomic E-state index is 0.481. The first kappa shape index (κ1) is 12.1. The van der Waals surface area contributed by atoms with Gasteiger partial charge in [0.1, 0.15) is 0 Å². The lowest BCUT2D eigenvalue weighted by molar-refractivity contribution is 0.0307. The van der Waals surface area contributed by atoms with Gasteiger partial charge in [0.15, 0.2) is 0 Å². The number of hydrogen-bond donors (Lipinski definition) is 0. The van der Waals surface area contributed by atoms with Crippen LogP contribution >= 0.6 is 15.9 Å². The van der Waals surface area contributed by atoms with E-state index in [2.05, 4.69) is 34.1 Å². The molecule has 16 heavy (non-hydrogen) atoms. The lowest BCUT2D eigenvalue weighted by Crippen LogP contribution is -2.11. The van der Waals surface area contributed by atoms with E-state index in [9.17, 15) is 0 Å². The number of hydrogen-bond acceptors (Lipinski definition) is 1. The van der Waals surface area contributed by atoms with Gasteiger partial charge in [0, 0.05) is 4.47 Å². The lowest BCUT2D eigenvalue weighted by atomic mass is 10.1. The summed E-state index contributed by atoms with van der Waals surface area (Å²) in [6, 6.07) is 8.31. The van der Waals surface area contributed by atoms with Crippen molar-refractivity contribution in [3.8, 4) is 0 Å². The van der Waals surface area contributed by atoms with Gasteiger partial charge in [-0.15, -0.1) is 0 Å². The minimum Gasteiger partial charge on any atom is -0.374 e. The molecular formula is C14H19BrO. The Morgan fingerprint density at radius 2 is 1.75 bits per heavy atom. The van der Waals surface area contributed by atoms with Gasteiger partial charge in [0.05, 0.1) is 12.7 Å². The van der Waals surface area contributed by atoms with Gasteiger partial charge in [-0.2, -0.15) is 0 Å². The molecule has 1 aromatic carbocycles. The van der Waals surface area contributed by atoms with Crippen molar-refractivity contribution >= 4 is 15.9 Å². The standard InChI is InChI=1S/C14H19BrO/c15-14-10-6-5-7-12(14)11-16-13-8-3-1-2-4-9-13/h5-7,10,13H,1-4,8-9,11H2. The van der Waals surface area contributed by atoms with Crippen LogP contribution in [0.3, 0.4) is 0 Å². The number of benzene rings is 1. The van der Waals surface area contributed by atoms with Gasteiger partial charge in [0.25, 0.3) is 0 Å². The number of rotatable bonds is 3. The maximum Gasteiger partial charge on any atom is 0.0731 e. The highest BCUT2D eigenvalue weighted by atomic mass is 79.9. The highest BCUT2D eigenvalue weighted by molar-refractivity contribution is 9.10. The van der Waals surface area contributed by atoms with Crippen LogP contribution in [-0.4, -0.2) is 6.10 Å². The SMILES string of the molecule is Brc1ccccc1COC1CCCCCC1. The lowest BCUT2D eigenvalue weighted by Gasteiger charge is -2.15. The summed E-state index contributed by atoms with van der Waals surface area (Å²) >= 11 is 3.56. The first-order valence-corrected chi connectivity index (χ1v) is 7.00. The molecule has 0 spiro atoms. The monoisotopic (exact) mass is 282 g/mol. The maximum atomic E-state index is 6.00. The highest BCUT2D eigenvalue weighted by Crippen LogP contribution is 2.22. The second kappa shape index (κ2) is 6.41. The Morgan fingerprint density at radius 1 is 1.06 bits per heavy atom. The number of halogens is 1. The first-order valence-electron chi connectivity index (χ1n) is 6.21. The average molecular weight is 283 g/mol. The van der Waals surface area contributed by atoms with Crippen molar-refractivity contribution < 1.29 is 4.74 Å². The molecule has 0 unspecified atom stereocenters. The molecule has 0 N–H and O–H groups in total. The molecule has 0 aromatic heterocycles. The molecule has 0 radical (unpaired) electrons. The van der Waals surface area contributed by atoms with Crippen LogP contribution in [0.1, 0.15) is 44.1 Å². The van der Waals surface area contributed by atoms with Gasteiger partial charge in [0.2, 0.25) is 0 Å². The summed E-state index contributed by atoms with van der Waals surface area (Å²) in [7, 11) is 0. The Hall–Kier alpha value is -0.340. The van der Waals surface area contributed by atoms with E-state index in [-0.39, 0.29) is 0 Å². The predicted molar refractivity (Wildman–Crippen MR) is 70.4 cm³/mol. The van der Waals surface area contributed by atoms with Crippen LogP contribution in [0.2, 0.25) is 0 Å². The van der Waals surface area contributed by atoms with Gasteiger partial charge in [-0.3, -0.25) is 0 Å². The average Bonchev–Trinajstić information content (AvgIpc) is 2.56. The summed E-state index contributed by atoms with van der Waals surface area (Å²) < 4.78 is 7.16. The van der Waals surface area contributed by atoms with Crippen LogP contribution < -0.4 is 0 Å². The fourth-order valence-corrected chi connectivity index (χ4v) is 2.63. The Labute approximate surface area is 106 Å². The second-order valence-electron chi connectivity index (χ2n) is 4.52. The highest BCUT2D eigenvalue weighted by Gasteiger charge is 2.12. The summed E-state index contributed by atoms with van der Waals surface area (Å²) in [5.74, 6) is 0. The molecule has 1 fully saturated rings. The van der Waals surface area contributed by atoms with Crippen LogP contribution in [0, 0.1) is 0 Å². The normalized spacial score (nSPS) is 18.3. The van der Waals surface area contributed by atoms with E-state index in [1.165, 1.54) is 44.1 Å². The van der Waals surface area contributed by atoms with Crippen LogP contribution in [0.25, 0.3) is 0 Å². The zero-order valence-corrected chi connectivity index (χ0v) is 11.2. The summed E-state index contributed by atoms with van der Waals surface area (Å²) in [5, 5.41) is 0. The molecule has 2 heteroatoms. The molecule has 0 bridgehead atoms. The van der Waals surface area contributed by atoms with Gasteiger partial charge < -0.3 is 4.74 Å². The summed E-state index contributed by atoms with van der Waals surface area (Å²) in [6.07, 6.45) is 8.40. The van der Waals surface area contributed by atoms with E-state index in [0.29, 0.717) is 6.10 Å². The van der Waals surface area contributed by atoms with Crippen molar-refractivity contribution in [3.05, 3.63) is 34.3 Å². The zero-order valence-electron chi connectivity index (χ0n) is 9.62. The molecule has 0 saturated heterocycles. The Morgan fingerprint density at radius 3 is 2.44 bits per heavy atom. The van der Waals surface area contributed by atoms with E-state index in [4.69, 9.17) is 4.74 Å². The molecule has 1 nitrogen and oxygen atoms in total. The fraction of sp³-hybridized carbons (Fsp3) is 0.571. The molecule has 88 valence electrons. The van der Waals surface area contributed by atoms with E-state index >= 15 is 0 Å². The van der Waals surface area contributed by atoms with E-state index < -0.39 is 0 Å². The van der Waals surface area contributed by atoms with Gasteiger partial charge in [-0.1, -0.05) is 59.8 Å². The van der Waals surface area contributed by atoms with Gasteiger partial charge >= 0.3 is 0 Å². The molecule has 1 aliphatic rings. The van der Waals surface area contributed by atoms with Crippen molar-refractivity contribution in [1.29, 1.82) is 0 Å². The molecule has 1 aliphatic carbocycles. The third kappa shape index (κ3) is 3.60. The van der Waals surface area contributed by atoms with Crippen molar-refractivity contribution in [2.45, 2.75) is 51.2 Å². The topological polar surface area (TPSA) is 9.23 Å². The summed E-state index contributed by atoms with van der Waals surface area (Å²) in [6.45, 7) is 0.742. The minimum atomic E-state index is 0.481. The Balaban J connectivity index is 1.84. The Kier molecular flexibility index (Phi) is 4.86. The molecule has 0 heterocycles. The second-order valence-corrected chi connectivity index (χ2v) is 5.37. The molecular weight excluding hydrogens is 264 g/mol.